The van der Waals surface area contributed by atoms with Gasteiger partial charge in [-0.2, -0.15) is 0 Å². The molecule has 1 aromatic carbocycles. The summed E-state index contributed by atoms with van der Waals surface area (Å²) in [4.78, 5) is 0. The quantitative estimate of drug-likeness (QED) is 0.835. The SMILES string of the molecule is CC(C)(C)[Si](C)(C)Oc1ccc2c(c1)OCC[C@@H]2O. The van der Waals surface area contributed by atoms with Gasteiger partial charge >= 0.3 is 0 Å². The van der Waals surface area contributed by atoms with Gasteiger partial charge in [-0.05, 0) is 30.3 Å². The summed E-state index contributed by atoms with van der Waals surface area (Å²) in [6.07, 6.45) is 0.251. The number of benzene rings is 1. The van der Waals surface area contributed by atoms with E-state index in [1.54, 1.807) is 0 Å². The van der Waals surface area contributed by atoms with Crippen LogP contribution in [0.15, 0.2) is 18.2 Å². The van der Waals surface area contributed by atoms with Gasteiger partial charge in [0.15, 0.2) is 0 Å². The molecule has 1 atom stereocenters. The summed E-state index contributed by atoms with van der Waals surface area (Å²) >= 11 is 0. The molecular formula is C15H24O3Si. The molecule has 1 aliphatic rings. The highest BCUT2D eigenvalue weighted by Gasteiger charge is 2.39. The van der Waals surface area contributed by atoms with E-state index in [0.717, 1.165) is 17.1 Å². The van der Waals surface area contributed by atoms with Crippen molar-refractivity contribution in [1.82, 2.24) is 0 Å². The lowest BCUT2D eigenvalue weighted by Gasteiger charge is -2.36. The van der Waals surface area contributed by atoms with Crippen molar-refractivity contribution >= 4 is 8.32 Å². The zero-order valence-electron chi connectivity index (χ0n) is 12.5. The minimum atomic E-state index is -1.83. The number of ether oxygens (including phenoxy) is 1. The van der Waals surface area contributed by atoms with Crippen LogP contribution in [0.1, 0.15) is 38.9 Å². The lowest BCUT2D eigenvalue weighted by atomic mass is 10.0. The molecule has 1 aromatic rings. The summed E-state index contributed by atoms with van der Waals surface area (Å²) in [5, 5.41) is 10.1. The molecule has 0 aliphatic carbocycles. The molecule has 0 aromatic heterocycles. The minimum absolute atomic E-state index is 0.170. The van der Waals surface area contributed by atoms with Crippen LogP contribution in [-0.2, 0) is 0 Å². The van der Waals surface area contributed by atoms with Crippen LogP contribution in [-0.4, -0.2) is 20.0 Å². The maximum atomic E-state index is 9.90. The van der Waals surface area contributed by atoms with Gasteiger partial charge in [0.1, 0.15) is 11.5 Å². The minimum Gasteiger partial charge on any atom is -0.543 e. The Hall–Kier alpha value is -1.00. The topological polar surface area (TPSA) is 38.7 Å². The molecule has 0 spiro atoms. The zero-order chi connectivity index (χ0) is 14.3. The van der Waals surface area contributed by atoms with Crippen molar-refractivity contribution in [3.05, 3.63) is 23.8 Å². The molecule has 0 bridgehead atoms. The summed E-state index contributed by atoms with van der Waals surface area (Å²) in [5.74, 6) is 1.61. The normalized spacial score (nSPS) is 19.6. The molecule has 4 heteroatoms. The first kappa shape index (κ1) is 14.4. The molecule has 1 N–H and O–H groups in total. The predicted molar refractivity (Wildman–Crippen MR) is 79.3 cm³/mol. The van der Waals surface area contributed by atoms with Crippen LogP contribution in [0.25, 0.3) is 0 Å². The monoisotopic (exact) mass is 280 g/mol. The third kappa shape index (κ3) is 2.95. The lowest BCUT2D eigenvalue weighted by Crippen LogP contribution is -2.43. The smallest absolute Gasteiger partial charge is 0.250 e. The second-order valence-corrected chi connectivity index (χ2v) is 11.4. The van der Waals surface area contributed by atoms with Crippen LogP contribution >= 0.6 is 0 Å². The number of aliphatic hydroxyl groups excluding tert-OH is 1. The fourth-order valence-corrected chi connectivity index (χ4v) is 2.88. The van der Waals surface area contributed by atoms with Crippen LogP contribution in [0.2, 0.25) is 18.1 Å². The van der Waals surface area contributed by atoms with Gasteiger partial charge in [0.25, 0.3) is 0 Å². The molecule has 2 rings (SSSR count). The van der Waals surface area contributed by atoms with E-state index in [2.05, 4.69) is 33.9 Å². The molecule has 0 saturated heterocycles. The highest BCUT2D eigenvalue weighted by molar-refractivity contribution is 6.74. The van der Waals surface area contributed by atoms with Crippen molar-refractivity contribution in [3.63, 3.8) is 0 Å². The van der Waals surface area contributed by atoms with Gasteiger partial charge in [0.05, 0.1) is 12.7 Å². The van der Waals surface area contributed by atoms with E-state index in [4.69, 9.17) is 9.16 Å². The molecule has 106 valence electrons. The number of aliphatic hydroxyl groups is 1. The summed E-state index contributed by atoms with van der Waals surface area (Å²) in [5.41, 5.74) is 0.869. The van der Waals surface area contributed by atoms with Gasteiger partial charge in [0.2, 0.25) is 8.32 Å². The average Bonchev–Trinajstić information content (AvgIpc) is 2.27. The first-order valence-electron chi connectivity index (χ1n) is 6.84. The summed E-state index contributed by atoms with van der Waals surface area (Å²) in [7, 11) is -1.83. The second kappa shape index (κ2) is 4.83. The summed E-state index contributed by atoms with van der Waals surface area (Å²) < 4.78 is 11.9. The second-order valence-electron chi connectivity index (χ2n) is 6.71. The summed E-state index contributed by atoms with van der Waals surface area (Å²) in [6, 6.07) is 5.77. The third-order valence-electron chi connectivity index (χ3n) is 4.17. The fourth-order valence-electron chi connectivity index (χ4n) is 1.86. The maximum absolute atomic E-state index is 9.90. The molecule has 1 heterocycles. The first-order chi connectivity index (χ1) is 8.71. The van der Waals surface area contributed by atoms with E-state index in [9.17, 15) is 5.11 Å². The van der Waals surface area contributed by atoms with Gasteiger partial charge in [-0.15, -0.1) is 0 Å². The molecule has 0 fully saturated rings. The molecule has 0 saturated carbocycles. The van der Waals surface area contributed by atoms with E-state index in [1.165, 1.54) is 0 Å². The molecule has 0 unspecified atom stereocenters. The largest absolute Gasteiger partial charge is 0.543 e. The highest BCUT2D eigenvalue weighted by atomic mass is 28.4. The Morgan fingerprint density at radius 2 is 2.00 bits per heavy atom. The zero-order valence-corrected chi connectivity index (χ0v) is 13.5. The van der Waals surface area contributed by atoms with Crippen LogP contribution < -0.4 is 9.16 Å². The lowest BCUT2D eigenvalue weighted by molar-refractivity contribution is 0.115. The number of rotatable bonds is 2. The van der Waals surface area contributed by atoms with Gasteiger partial charge < -0.3 is 14.3 Å². The van der Waals surface area contributed by atoms with Crippen molar-refractivity contribution in [1.29, 1.82) is 0 Å². The van der Waals surface area contributed by atoms with Gasteiger partial charge in [-0.1, -0.05) is 20.8 Å². The standard InChI is InChI=1S/C15H24O3Si/c1-15(2,3)19(4,5)18-11-6-7-12-13(16)8-9-17-14(12)10-11/h6-7,10,13,16H,8-9H2,1-5H3/t13-/m0/s1. The van der Waals surface area contributed by atoms with Crippen LogP contribution in [0.4, 0.5) is 0 Å². The number of hydrogen-bond acceptors (Lipinski definition) is 3. The Labute approximate surface area is 116 Å². The van der Waals surface area contributed by atoms with E-state index in [0.29, 0.717) is 13.0 Å². The van der Waals surface area contributed by atoms with Gasteiger partial charge in [-0.3, -0.25) is 0 Å². The summed E-state index contributed by atoms with van der Waals surface area (Å²) in [6.45, 7) is 11.7. The number of hydrogen-bond donors (Lipinski definition) is 1. The maximum Gasteiger partial charge on any atom is 0.250 e. The molecular weight excluding hydrogens is 256 g/mol. The Kier molecular flexibility index (Phi) is 3.67. The van der Waals surface area contributed by atoms with E-state index >= 15 is 0 Å². The molecule has 3 nitrogen and oxygen atoms in total. The Morgan fingerprint density at radius 3 is 2.63 bits per heavy atom. The van der Waals surface area contributed by atoms with Crippen molar-refractivity contribution in [3.8, 4) is 11.5 Å². The fraction of sp³-hybridized carbons (Fsp3) is 0.600. The first-order valence-corrected chi connectivity index (χ1v) is 9.75. The number of fused-ring (bicyclic) bond motifs is 1. The van der Waals surface area contributed by atoms with Crippen molar-refractivity contribution < 1.29 is 14.3 Å². The van der Waals surface area contributed by atoms with E-state index < -0.39 is 14.4 Å². The predicted octanol–water partition coefficient (Wildman–Crippen LogP) is 3.89. The van der Waals surface area contributed by atoms with Crippen LogP contribution in [0.3, 0.4) is 0 Å². The third-order valence-corrected chi connectivity index (χ3v) is 8.53. The van der Waals surface area contributed by atoms with E-state index in [-0.39, 0.29) is 5.04 Å². The highest BCUT2D eigenvalue weighted by Crippen LogP contribution is 2.40. The van der Waals surface area contributed by atoms with Crippen molar-refractivity contribution in [2.45, 2.75) is 51.4 Å². The Balaban J connectivity index is 2.24. The van der Waals surface area contributed by atoms with Crippen LogP contribution in [0.5, 0.6) is 11.5 Å². The Morgan fingerprint density at radius 1 is 1.32 bits per heavy atom. The molecule has 0 amide bonds. The van der Waals surface area contributed by atoms with Crippen molar-refractivity contribution in [2.75, 3.05) is 6.61 Å². The van der Waals surface area contributed by atoms with Crippen LogP contribution in [0, 0.1) is 0 Å². The van der Waals surface area contributed by atoms with Gasteiger partial charge in [0, 0.05) is 18.1 Å². The Bertz CT molecular complexity index is 463. The molecule has 0 radical (unpaired) electrons. The van der Waals surface area contributed by atoms with Gasteiger partial charge in [-0.25, -0.2) is 0 Å². The molecule has 1 aliphatic heterocycles. The average molecular weight is 280 g/mol. The van der Waals surface area contributed by atoms with E-state index in [1.807, 2.05) is 18.2 Å². The van der Waals surface area contributed by atoms with Crippen molar-refractivity contribution in [2.24, 2.45) is 0 Å². The molecule has 19 heavy (non-hydrogen) atoms.